The smallest absolute Gasteiger partial charge is 0.274 e. The Hall–Kier alpha value is -1.78. The Labute approximate surface area is 88.1 Å². The normalized spacial score (nSPS) is 12.2. The number of aromatic nitrogens is 1. The van der Waals surface area contributed by atoms with Crippen molar-refractivity contribution in [2.75, 3.05) is 19.8 Å². The molecule has 1 atom stereocenters. The van der Waals surface area contributed by atoms with E-state index in [-0.39, 0.29) is 17.2 Å². The summed E-state index contributed by atoms with van der Waals surface area (Å²) < 4.78 is 1.33. The highest BCUT2D eigenvalue weighted by Crippen LogP contribution is 2.06. The summed E-state index contributed by atoms with van der Waals surface area (Å²) >= 11 is 0. The molecule has 15 heavy (non-hydrogen) atoms. The molecule has 82 valence electrons. The highest BCUT2D eigenvalue weighted by molar-refractivity contribution is 5.79. The number of anilines is 1. The van der Waals surface area contributed by atoms with Crippen molar-refractivity contribution < 1.29 is 4.79 Å². The van der Waals surface area contributed by atoms with Crippen molar-refractivity contribution in [3.63, 3.8) is 0 Å². The van der Waals surface area contributed by atoms with Gasteiger partial charge in [-0.15, -0.1) is 0 Å². The summed E-state index contributed by atoms with van der Waals surface area (Å²) in [6, 6.07) is 2.64. The molecule has 1 aromatic rings. The number of amides is 1. The lowest BCUT2D eigenvalue weighted by Crippen LogP contribution is -2.35. The molecule has 0 aliphatic carbocycles. The SMILES string of the molecule is C[C@H](C(=O)N(C)C)n1cccc(N)c1=O. The zero-order valence-electron chi connectivity index (χ0n) is 9.10. The fourth-order valence-electron chi connectivity index (χ4n) is 1.33. The number of hydrogen-bond donors (Lipinski definition) is 1. The predicted octanol–water partition coefficient (Wildman–Crippen LogP) is 0.0797. The standard InChI is InChI=1S/C10H15N3O2/c1-7(9(14)12(2)3)13-6-4-5-8(11)10(13)15/h4-7H,11H2,1-3H3/t7-/m1/s1. The van der Waals surface area contributed by atoms with Gasteiger partial charge in [0, 0.05) is 20.3 Å². The molecule has 1 rings (SSSR count). The van der Waals surface area contributed by atoms with Crippen LogP contribution in [0.15, 0.2) is 23.1 Å². The fourth-order valence-corrected chi connectivity index (χ4v) is 1.33. The van der Waals surface area contributed by atoms with Crippen LogP contribution in [0.4, 0.5) is 5.69 Å². The van der Waals surface area contributed by atoms with Gasteiger partial charge in [0.1, 0.15) is 6.04 Å². The second-order valence-corrected chi connectivity index (χ2v) is 3.58. The van der Waals surface area contributed by atoms with Gasteiger partial charge in [-0.3, -0.25) is 9.59 Å². The van der Waals surface area contributed by atoms with E-state index in [2.05, 4.69) is 0 Å². The third-order valence-electron chi connectivity index (χ3n) is 2.22. The molecular formula is C10H15N3O2. The van der Waals surface area contributed by atoms with Crippen LogP contribution in [0.1, 0.15) is 13.0 Å². The maximum Gasteiger partial charge on any atom is 0.274 e. The lowest BCUT2D eigenvalue weighted by molar-refractivity contribution is -0.131. The lowest BCUT2D eigenvalue weighted by atomic mass is 10.2. The molecule has 0 saturated heterocycles. The van der Waals surface area contributed by atoms with Crippen LogP contribution in [0.3, 0.4) is 0 Å². The van der Waals surface area contributed by atoms with Gasteiger partial charge in [-0.2, -0.15) is 0 Å². The highest BCUT2D eigenvalue weighted by Gasteiger charge is 2.17. The maximum absolute atomic E-state index is 11.6. The van der Waals surface area contributed by atoms with Crippen LogP contribution < -0.4 is 11.3 Å². The maximum atomic E-state index is 11.6. The molecule has 0 aliphatic rings. The molecule has 0 saturated carbocycles. The van der Waals surface area contributed by atoms with Crippen LogP contribution in [0.25, 0.3) is 0 Å². The van der Waals surface area contributed by atoms with Gasteiger partial charge >= 0.3 is 0 Å². The topological polar surface area (TPSA) is 68.3 Å². The minimum atomic E-state index is -0.531. The minimum Gasteiger partial charge on any atom is -0.394 e. The lowest BCUT2D eigenvalue weighted by Gasteiger charge is -2.18. The van der Waals surface area contributed by atoms with E-state index in [1.165, 1.54) is 15.5 Å². The number of carbonyl (C=O) groups excluding carboxylic acids is 1. The second kappa shape index (κ2) is 4.16. The highest BCUT2D eigenvalue weighted by atomic mass is 16.2. The molecule has 0 spiro atoms. The quantitative estimate of drug-likeness (QED) is 0.750. The third kappa shape index (κ3) is 2.18. The van der Waals surface area contributed by atoms with Gasteiger partial charge in [0.05, 0.1) is 5.69 Å². The van der Waals surface area contributed by atoms with Crippen molar-refractivity contribution >= 4 is 11.6 Å². The van der Waals surface area contributed by atoms with Crippen molar-refractivity contribution in [3.05, 3.63) is 28.7 Å². The first kappa shape index (κ1) is 11.3. The molecule has 5 heteroatoms. The number of carbonyl (C=O) groups is 1. The number of nitrogens with zero attached hydrogens (tertiary/aromatic N) is 2. The molecule has 1 aromatic heterocycles. The Morgan fingerprint density at radius 1 is 1.53 bits per heavy atom. The van der Waals surface area contributed by atoms with E-state index in [4.69, 9.17) is 5.73 Å². The summed E-state index contributed by atoms with van der Waals surface area (Å²) in [6.07, 6.45) is 1.56. The molecule has 2 N–H and O–H groups in total. The molecule has 0 radical (unpaired) electrons. The Bertz CT molecular complexity index is 423. The summed E-state index contributed by atoms with van der Waals surface area (Å²) in [5, 5.41) is 0. The average Bonchev–Trinajstić information content (AvgIpc) is 2.20. The molecule has 1 amide bonds. The molecule has 1 heterocycles. The Morgan fingerprint density at radius 3 is 2.67 bits per heavy atom. The van der Waals surface area contributed by atoms with Gasteiger partial charge in [-0.1, -0.05) is 0 Å². The van der Waals surface area contributed by atoms with Gasteiger partial charge in [0.2, 0.25) is 5.91 Å². The Balaban J connectivity index is 3.12. The Kier molecular flexibility index (Phi) is 3.14. The number of likely N-dealkylation sites (N-methyl/N-ethyl adjacent to an activating group) is 1. The van der Waals surface area contributed by atoms with E-state index < -0.39 is 6.04 Å². The van der Waals surface area contributed by atoms with Crippen molar-refractivity contribution in [1.29, 1.82) is 0 Å². The van der Waals surface area contributed by atoms with Gasteiger partial charge in [0.15, 0.2) is 0 Å². The van der Waals surface area contributed by atoms with Gasteiger partial charge in [-0.05, 0) is 19.1 Å². The van der Waals surface area contributed by atoms with Crippen molar-refractivity contribution in [1.82, 2.24) is 9.47 Å². The van der Waals surface area contributed by atoms with E-state index in [0.29, 0.717) is 0 Å². The molecule has 0 fully saturated rings. The zero-order chi connectivity index (χ0) is 11.6. The molecular weight excluding hydrogens is 194 g/mol. The molecule has 0 unspecified atom stereocenters. The van der Waals surface area contributed by atoms with Crippen molar-refractivity contribution in [2.45, 2.75) is 13.0 Å². The largest absolute Gasteiger partial charge is 0.394 e. The summed E-state index contributed by atoms with van der Waals surface area (Å²) in [4.78, 5) is 24.7. The summed E-state index contributed by atoms with van der Waals surface area (Å²) in [5.41, 5.74) is 5.29. The monoisotopic (exact) mass is 209 g/mol. The number of nitrogen functional groups attached to an aromatic ring is 1. The predicted molar refractivity (Wildman–Crippen MR) is 58.5 cm³/mol. The number of hydrogen-bond acceptors (Lipinski definition) is 3. The van der Waals surface area contributed by atoms with Crippen LogP contribution in [0.5, 0.6) is 0 Å². The van der Waals surface area contributed by atoms with E-state index in [1.807, 2.05) is 0 Å². The Morgan fingerprint density at radius 2 is 2.13 bits per heavy atom. The van der Waals surface area contributed by atoms with E-state index in [9.17, 15) is 9.59 Å². The van der Waals surface area contributed by atoms with Gasteiger partial charge in [0.25, 0.3) is 5.56 Å². The number of nitrogens with two attached hydrogens (primary N) is 1. The summed E-state index contributed by atoms with van der Waals surface area (Å²) in [7, 11) is 3.30. The average molecular weight is 209 g/mol. The third-order valence-corrected chi connectivity index (χ3v) is 2.22. The van der Waals surface area contributed by atoms with Crippen LogP contribution in [0, 0.1) is 0 Å². The van der Waals surface area contributed by atoms with Gasteiger partial charge in [-0.25, -0.2) is 0 Å². The first-order valence-corrected chi connectivity index (χ1v) is 4.63. The van der Waals surface area contributed by atoms with E-state index in [1.54, 1.807) is 33.3 Å². The number of pyridine rings is 1. The molecule has 0 aliphatic heterocycles. The molecule has 0 bridgehead atoms. The van der Waals surface area contributed by atoms with E-state index >= 15 is 0 Å². The van der Waals surface area contributed by atoms with Crippen LogP contribution >= 0.6 is 0 Å². The number of rotatable bonds is 2. The molecule has 0 aromatic carbocycles. The second-order valence-electron chi connectivity index (χ2n) is 3.58. The zero-order valence-corrected chi connectivity index (χ0v) is 9.10. The fraction of sp³-hybridized carbons (Fsp3) is 0.400. The minimum absolute atomic E-state index is 0.136. The molecule has 5 nitrogen and oxygen atoms in total. The van der Waals surface area contributed by atoms with Crippen molar-refractivity contribution in [2.24, 2.45) is 0 Å². The van der Waals surface area contributed by atoms with Crippen molar-refractivity contribution in [3.8, 4) is 0 Å². The first-order chi connectivity index (χ1) is 6.95. The first-order valence-electron chi connectivity index (χ1n) is 4.63. The van der Waals surface area contributed by atoms with Gasteiger partial charge < -0.3 is 15.2 Å². The van der Waals surface area contributed by atoms with E-state index in [0.717, 1.165) is 0 Å². The van der Waals surface area contributed by atoms with Crippen LogP contribution in [0.2, 0.25) is 0 Å². The summed E-state index contributed by atoms with van der Waals surface area (Å²) in [5.74, 6) is -0.136. The van der Waals surface area contributed by atoms with Crippen LogP contribution in [-0.2, 0) is 4.79 Å². The summed E-state index contributed by atoms with van der Waals surface area (Å²) in [6.45, 7) is 1.67. The van der Waals surface area contributed by atoms with Crippen LogP contribution in [-0.4, -0.2) is 29.5 Å².